The van der Waals surface area contributed by atoms with E-state index in [0.29, 0.717) is 0 Å². The summed E-state index contributed by atoms with van der Waals surface area (Å²) in [4.78, 5) is 11.4. The molecule has 0 amide bonds. The predicted octanol–water partition coefficient (Wildman–Crippen LogP) is 3.61. The lowest BCUT2D eigenvalue weighted by Gasteiger charge is -2.33. The van der Waals surface area contributed by atoms with Gasteiger partial charge in [0.2, 0.25) is 0 Å². The van der Waals surface area contributed by atoms with Crippen LogP contribution in [-0.2, 0) is 9.53 Å². The van der Waals surface area contributed by atoms with Crippen molar-refractivity contribution in [3.8, 4) is 0 Å². The highest BCUT2D eigenvalue weighted by Crippen LogP contribution is 2.41. The molecule has 0 heterocycles. The number of fused-ring (bicyclic) bond motifs is 3. The molecule has 2 rings (SSSR count). The van der Waals surface area contributed by atoms with E-state index in [-0.39, 0.29) is 11.6 Å². The fourth-order valence-corrected chi connectivity index (χ4v) is 3.28. The molecule has 2 nitrogen and oxygen atoms in total. The van der Waals surface area contributed by atoms with Gasteiger partial charge >= 0.3 is 5.97 Å². The van der Waals surface area contributed by atoms with Crippen LogP contribution in [0.25, 0.3) is 0 Å². The van der Waals surface area contributed by atoms with Gasteiger partial charge in [-0.25, -0.2) is 4.79 Å². The van der Waals surface area contributed by atoms with Crippen LogP contribution in [0.4, 0.5) is 0 Å². The molecule has 2 atom stereocenters. The van der Waals surface area contributed by atoms with Crippen molar-refractivity contribution >= 4 is 5.97 Å². The van der Waals surface area contributed by atoms with E-state index in [4.69, 9.17) is 4.74 Å². The van der Waals surface area contributed by atoms with Crippen LogP contribution in [0.3, 0.4) is 0 Å². The highest BCUT2D eigenvalue weighted by Gasteiger charge is 2.37. The van der Waals surface area contributed by atoms with Gasteiger partial charge in [0.15, 0.2) is 0 Å². The van der Waals surface area contributed by atoms with Crippen LogP contribution in [-0.4, -0.2) is 11.6 Å². The average molecular weight is 222 g/mol. The van der Waals surface area contributed by atoms with E-state index in [1.807, 2.05) is 0 Å². The Morgan fingerprint density at radius 3 is 2.69 bits per heavy atom. The SMILES string of the molecule is C=CC(=O)OC12CCCCC(CCC1)CC2. The number of rotatable bonds is 2. The molecule has 0 radical (unpaired) electrons. The first kappa shape index (κ1) is 11.7. The van der Waals surface area contributed by atoms with Crippen molar-refractivity contribution in [1.82, 2.24) is 0 Å². The summed E-state index contributed by atoms with van der Waals surface area (Å²) in [7, 11) is 0. The maximum atomic E-state index is 11.4. The average Bonchev–Trinajstić information content (AvgIpc) is 2.39. The summed E-state index contributed by atoms with van der Waals surface area (Å²) in [6.07, 6.45) is 12.2. The molecule has 90 valence electrons. The second-order valence-electron chi connectivity index (χ2n) is 5.35. The minimum atomic E-state index is -0.237. The Morgan fingerprint density at radius 2 is 1.88 bits per heavy atom. The lowest BCUT2D eigenvalue weighted by atomic mass is 9.84. The Morgan fingerprint density at radius 1 is 1.12 bits per heavy atom. The summed E-state index contributed by atoms with van der Waals surface area (Å²) in [5.74, 6) is 0.642. The maximum Gasteiger partial charge on any atom is 0.330 e. The Kier molecular flexibility index (Phi) is 3.67. The van der Waals surface area contributed by atoms with E-state index in [2.05, 4.69) is 6.58 Å². The highest BCUT2D eigenvalue weighted by molar-refractivity contribution is 5.81. The van der Waals surface area contributed by atoms with Gasteiger partial charge in [0.05, 0.1) is 0 Å². The molecule has 0 aromatic rings. The first-order valence-corrected chi connectivity index (χ1v) is 6.59. The molecule has 0 aliphatic heterocycles. The highest BCUT2D eigenvalue weighted by atomic mass is 16.6. The fourth-order valence-electron chi connectivity index (χ4n) is 3.28. The van der Waals surface area contributed by atoms with Gasteiger partial charge in [-0.15, -0.1) is 0 Å². The van der Waals surface area contributed by atoms with Gasteiger partial charge < -0.3 is 4.74 Å². The summed E-state index contributed by atoms with van der Waals surface area (Å²) in [6.45, 7) is 3.50. The molecular formula is C14H22O2. The zero-order valence-corrected chi connectivity index (χ0v) is 10.0. The lowest BCUT2D eigenvalue weighted by Crippen LogP contribution is -2.34. The van der Waals surface area contributed by atoms with E-state index in [0.717, 1.165) is 25.2 Å². The van der Waals surface area contributed by atoms with Crippen molar-refractivity contribution < 1.29 is 9.53 Å². The van der Waals surface area contributed by atoms with Gasteiger partial charge in [-0.2, -0.15) is 0 Å². The van der Waals surface area contributed by atoms with E-state index in [9.17, 15) is 4.79 Å². The number of hydrogen-bond acceptors (Lipinski definition) is 2. The quantitative estimate of drug-likeness (QED) is 0.527. The second-order valence-corrected chi connectivity index (χ2v) is 5.35. The first-order valence-electron chi connectivity index (χ1n) is 6.59. The van der Waals surface area contributed by atoms with E-state index in [1.54, 1.807) is 0 Å². The molecule has 0 aromatic carbocycles. The molecule has 2 unspecified atom stereocenters. The lowest BCUT2D eigenvalue weighted by molar-refractivity contribution is -0.156. The molecule has 2 bridgehead atoms. The number of ether oxygens (including phenoxy) is 1. The zero-order valence-electron chi connectivity index (χ0n) is 10.0. The third kappa shape index (κ3) is 2.66. The molecule has 0 aromatic heterocycles. The molecule has 2 saturated carbocycles. The smallest absolute Gasteiger partial charge is 0.330 e. The second kappa shape index (κ2) is 5.03. The molecule has 0 spiro atoms. The van der Waals surface area contributed by atoms with Crippen molar-refractivity contribution in [2.75, 3.05) is 0 Å². The normalized spacial score (nSPS) is 34.6. The maximum absolute atomic E-state index is 11.4. The third-order valence-corrected chi connectivity index (χ3v) is 4.23. The molecule has 0 N–H and O–H groups in total. The largest absolute Gasteiger partial charge is 0.456 e. The Labute approximate surface area is 98.1 Å². The summed E-state index contributed by atoms with van der Waals surface area (Å²) < 4.78 is 5.67. The number of carbonyl (C=O) groups is 1. The monoisotopic (exact) mass is 222 g/mol. The van der Waals surface area contributed by atoms with Gasteiger partial charge in [0.1, 0.15) is 5.60 Å². The summed E-state index contributed by atoms with van der Waals surface area (Å²) in [6, 6.07) is 0. The summed E-state index contributed by atoms with van der Waals surface area (Å²) in [5, 5.41) is 0. The van der Waals surface area contributed by atoms with E-state index < -0.39 is 0 Å². The Hall–Kier alpha value is -0.790. The first-order chi connectivity index (χ1) is 7.74. The Balaban J connectivity index is 2.09. The number of carbonyl (C=O) groups excluding carboxylic acids is 1. The van der Waals surface area contributed by atoms with Crippen molar-refractivity contribution in [2.24, 2.45) is 5.92 Å². The van der Waals surface area contributed by atoms with Gasteiger partial charge in [0, 0.05) is 6.08 Å². The van der Waals surface area contributed by atoms with E-state index >= 15 is 0 Å². The number of hydrogen-bond donors (Lipinski definition) is 0. The van der Waals surface area contributed by atoms with Crippen LogP contribution in [0.5, 0.6) is 0 Å². The Bertz CT molecular complexity index is 268. The molecule has 2 heteroatoms. The topological polar surface area (TPSA) is 26.3 Å². The predicted molar refractivity (Wildman–Crippen MR) is 64.1 cm³/mol. The summed E-state index contributed by atoms with van der Waals surface area (Å²) >= 11 is 0. The van der Waals surface area contributed by atoms with Crippen LogP contribution in [0.15, 0.2) is 12.7 Å². The molecule has 2 fully saturated rings. The number of esters is 1. The molecule has 2 aliphatic rings. The van der Waals surface area contributed by atoms with Gasteiger partial charge in [-0.3, -0.25) is 0 Å². The van der Waals surface area contributed by atoms with Crippen LogP contribution >= 0.6 is 0 Å². The van der Waals surface area contributed by atoms with E-state index in [1.165, 1.54) is 44.6 Å². The van der Waals surface area contributed by atoms with Crippen molar-refractivity contribution in [3.63, 3.8) is 0 Å². The van der Waals surface area contributed by atoms with Crippen molar-refractivity contribution in [2.45, 2.75) is 63.4 Å². The molecule has 16 heavy (non-hydrogen) atoms. The minimum Gasteiger partial charge on any atom is -0.456 e. The van der Waals surface area contributed by atoms with Crippen molar-refractivity contribution in [1.29, 1.82) is 0 Å². The molecule has 0 saturated heterocycles. The zero-order chi connectivity index (χ0) is 11.4. The van der Waals surface area contributed by atoms with Crippen molar-refractivity contribution in [3.05, 3.63) is 12.7 Å². The van der Waals surface area contributed by atoms with Crippen LogP contribution in [0.1, 0.15) is 57.8 Å². The van der Waals surface area contributed by atoms with Crippen LogP contribution in [0.2, 0.25) is 0 Å². The van der Waals surface area contributed by atoms with Gasteiger partial charge in [-0.05, 0) is 44.4 Å². The molecule has 2 aliphatic carbocycles. The fraction of sp³-hybridized carbons (Fsp3) is 0.786. The summed E-state index contributed by atoms with van der Waals surface area (Å²) in [5.41, 5.74) is -0.152. The van der Waals surface area contributed by atoms with Gasteiger partial charge in [0.25, 0.3) is 0 Å². The van der Waals surface area contributed by atoms with Crippen LogP contribution in [0, 0.1) is 5.92 Å². The third-order valence-electron chi connectivity index (χ3n) is 4.23. The molecular weight excluding hydrogens is 200 g/mol. The minimum absolute atomic E-state index is 0.152. The standard InChI is InChI=1S/C14H22O2/c1-2-13(15)16-14-9-4-3-6-12(8-11-14)7-5-10-14/h2,12H,1,3-11H2. The van der Waals surface area contributed by atoms with Gasteiger partial charge in [-0.1, -0.05) is 25.8 Å². The van der Waals surface area contributed by atoms with Crippen LogP contribution < -0.4 is 0 Å².